The molecule has 192 valence electrons. The third-order valence-electron chi connectivity index (χ3n) is 5.36. The normalized spacial score (nSPS) is 12.2. The lowest BCUT2D eigenvalue weighted by Crippen LogP contribution is -2.52. The van der Waals surface area contributed by atoms with Gasteiger partial charge in [-0.2, -0.15) is 0 Å². The Kier molecular flexibility index (Phi) is 10.4. The van der Waals surface area contributed by atoms with Crippen molar-refractivity contribution in [3.63, 3.8) is 0 Å². The zero-order valence-corrected chi connectivity index (χ0v) is 22.4. The molecule has 0 unspecified atom stereocenters. The molecule has 1 N–H and O–H groups in total. The molecule has 0 aromatic heterocycles. The smallest absolute Gasteiger partial charge is 0.244 e. The molecule has 0 radical (unpaired) electrons. The zero-order valence-electron chi connectivity index (χ0n) is 20.8. The standard InChI is InChI=1S/C25H34ClN3O5S/c1-6-22(25(31)27-15-18(2)3)28(16-19-10-9-11-20(14-19)34-4)24(30)17-29(35(5,32)33)23-13-8-7-12-21(23)26/h7-14,18,22H,6,15-17H2,1-5H3,(H,27,31)/t22-/m0/s1. The number of benzene rings is 2. The minimum Gasteiger partial charge on any atom is -0.497 e. The molecule has 2 rings (SSSR count). The number of carbonyl (C=O) groups excluding carboxylic acids is 2. The van der Waals surface area contributed by atoms with Gasteiger partial charge in [0.2, 0.25) is 21.8 Å². The Bertz CT molecular complexity index is 1120. The molecule has 0 saturated heterocycles. The summed E-state index contributed by atoms with van der Waals surface area (Å²) in [5.41, 5.74) is 0.945. The van der Waals surface area contributed by atoms with Gasteiger partial charge in [-0.1, -0.05) is 56.6 Å². The Balaban J connectivity index is 2.45. The summed E-state index contributed by atoms with van der Waals surface area (Å²) in [6.45, 7) is 5.84. The molecule has 2 aromatic rings. The van der Waals surface area contributed by atoms with Gasteiger partial charge in [0.05, 0.1) is 24.1 Å². The molecule has 10 heteroatoms. The van der Waals surface area contributed by atoms with E-state index in [9.17, 15) is 18.0 Å². The Labute approximate surface area is 213 Å². The Morgan fingerprint density at radius 2 is 1.80 bits per heavy atom. The summed E-state index contributed by atoms with van der Waals surface area (Å²) < 4.78 is 31.5. The van der Waals surface area contributed by atoms with Crippen molar-refractivity contribution >= 4 is 39.1 Å². The number of nitrogens with zero attached hydrogens (tertiary/aromatic N) is 2. The fraction of sp³-hybridized carbons (Fsp3) is 0.440. The molecule has 1 atom stereocenters. The first-order chi connectivity index (χ1) is 16.5. The van der Waals surface area contributed by atoms with Gasteiger partial charge in [-0.15, -0.1) is 0 Å². The van der Waals surface area contributed by atoms with Gasteiger partial charge >= 0.3 is 0 Å². The van der Waals surface area contributed by atoms with Crippen molar-refractivity contribution in [1.82, 2.24) is 10.2 Å². The van der Waals surface area contributed by atoms with E-state index >= 15 is 0 Å². The summed E-state index contributed by atoms with van der Waals surface area (Å²) >= 11 is 6.25. The summed E-state index contributed by atoms with van der Waals surface area (Å²) in [5.74, 6) is 0.0341. The maximum absolute atomic E-state index is 13.7. The van der Waals surface area contributed by atoms with Crippen LogP contribution in [0.3, 0.4) is 0 Å². The van der Waals surface area contributed by atoms with Crippen molar-refractivity contribution in [2.75, 3.05) is 30.8 Å². The fourth-order valence-corrected chi connectivity index (χ4v) is 4.71. The molecule has 0 aliphatic carbocycles. The van der Waals surface area contributed by atoms with Crippen LogP contribution in [-0.4, -0.2) is 57.6 Å². The van der Waals surface area contributed by atoms with Gasteiger partial charge in [-0.3, -0.25) is 13.9 Å². The first-order valence-electron chi connectivity index (χ1n) is 11.4. The summed E-state index contributed by atoms with van der Waals surface area (Å²) in [7, 11) is -2.30. The van der Waals surface area contributed by atoms with E-state index in [0.717, 1.165) is 16.1 Å². The summed E-state index contributed by atoms with van der Waals surface area (Å²) in [6, 6.07) is 12.8. The van der Waals surface area contributed by atoms with Gasteiger partial charge < -0.3 is 15.0 Å². The van der Waals surface area contributed by atoms with Crippen molar-refractivity contribution in [3.05, 3.63) is 59.1 Å². The molecule has 0 spiro atoms. The number of rotatable bonds is 12. The lowest BCUT2D eigenvalue weighted by molar-refractivity contribution is -0.140. The molecular formula is C25H34ClN3O5S. The van der Waals surface area contributed by atoms with Crippen LogP contribution in [-0.2, 0) is 26.2 Å². The largest absolute Gasteiger partial charge is 0.497 e. The van der Waals surface area contributed by atoms with E-state index in [1.165, 1.54) is 11.0 Å². The summed E-state index contributed by atoms with van der Waals surface area (Å²) in [5, 5.41) is 3.09. The molecule has 8 nitrogen and oxygen atoms in total. The van der Waals surface area contributed by atoms with Gasteiger partial charge in [-0.25, -0.2) is 8.42 Å². The number of ether oxygens (including phenoxy) is 1. The van der Waals surface area contributed by atoms with Crippen LogP contribution in [0.25, 0.3) is 0 Å². The second-order valence-corrected chi connectivity index (χ2v) is 11.0. The monoisotopic (exact) mass is 523 g/mol. The first kappa shape index (κ1) is 28.5. The number of para-hydroxylation sites is 1. The highest BCUT2D eigenvalue weighted by molar-refractivity contribution is 7.92. The highest BCUT2D eigenvalue weighted by Crippen LogP contribution is 2.27. The maximum atomic E-state index is 13.7. The van der Waals surface area contributed by atoms with Gasteiger partial charge in [-0.05, 0) is 42.2 Å². The van der Waals surface area contributed by atoms with Gasteiger partial charge in [0.25, 0.3) is 0 Å². The number of methoxy groups -OCH3 is 1. The van der Waals surface area contributed by atoms with Crippen molar-refractivity contribution in [3.8, 4) is 5.75 Å². The Hall–Kier alpha value is -2.78. The van der Waals surface area contributed by atoms with Crippen LogP contribution in [0, 0.1) is 5.92 Å². The van der Waals surface area contributed by atoms with Crippen molar-refractivity contribution in [1.29, 1.82) is 0 Å². The predicted octanol–water partition coefficient (Wildman–Crippen LogP) is 3.69. The SMILES string of the molecule is CC[C@@H](C(=O)NCC(C)C)N(Cc1cccc(OC)c1)C(=O)CN(c1ccccc1Cl)S(C)(=O)=O. The molecule has 2 aromatic carbocycles. The third kappa shape index (κ3) is 8.14. The van der Waals surface area contributed by atoms with Crippen molar-refractivity contribution < 1.29 is 22.7 Å². The fourth-order valence-electron chi connectivity index (χ4n) is 3.56. The van der Waals surface area contributed by atoms with Crippen LogP contribution < -0.4 is 14.4 Å². The lowest BCUT2D eigenvalue weighted by atomic mass is 10.1. The molecule has 0 aliphatic rings. The number of hydrogen-bond donors (Lipinski definition) is 1. The van der Waals surface area contributed by atoms with E-state index < -0.39 is 28.5 Å². The van der Waals surface area contributed by atoms with Crippen LogP contribution in [0.15, 0.2) is 48.5 Å². The van der Waals surface area contributed by atoms with E-state index in [4.69, 9.17) is 16.3 Å². The van der Waals surface area contributed by atoms with E-state index in [1.54, 1.807) is 43.5 Å². The molecular weight excluding hydrogens is 490 g/mol. The van der Waals surface area contributed by atoms with Crippen LogP contribution in [0.4, 0.5) is 5.69 Å². The zero-order chi connectivity index (χ0) is 26.2. The number of halogens is 1. The Morgan fingerprint density at radius 1 is 1.11 bits per heavy atom. The molecule has 0 bridgehead atoms. The van der Waals surface area contributed by atoms with E-state index in [2.05, 4.69) is 5.32 Å². The average molecular weight is 524 g/mol. The lowest BCUT2D eigenvalue weighted by Gasteiger charge is -2.33. The number of amides is 2. The minimum absolute atomic E-state index is 0.101. The summed E-state index contributed by atoms with van der Waals surface area (Å²) in [4.78, 5) is 28.1. The van der Waals surface area contributed by atoms with Crippen LogP contribution in [0.1, 0.15) is 32.8 Å². The number of carbonyl (C=O) groups is 2. The van der Waals surface area contributed by atoms with Gasteiger partial charge in [0, 0.05) is 13.1 Å². The quantitative estimate of drug-likeness (QED) is 0.457. The van der Waals surface area contributed by atoms with Crippen molar-refractivity contribution in [2.45, 2.75) is 39.8 Å². The highest BCUT2D eigenvalue weighted by atomic mass is 35.5. The number of nitrogens with one attached hydrogen (secondary N) is 1. The minimum atomic E-state index is -3.85. The average Bonchev–Trinajstić information content (AvgIpc) is 2.80. The molecule has 0 saturated carbocycles. The van der Waals surface area contributed by atoms with Crippen LogP contribution in [0.5, 0.6) is 5.75 Å². The maximum Gasteiger partial charge on any atom is 0.244 e. The molecule has 35 heavy (non-hydrogen) atoms. The topological polar surface area (TPSA) is 96.0 Å². The van der Waals surface area contributed by atoms with Gasteiger partial charge in [0.1, 0.15) is 18.3 Å². The molecule has 0 aliphatic heterocycles. The predicted molar refractivity (Wildman–Crippen MR) is 139 cm³/mol. The van der Waals surface area contributed by atoms with E-state index in [1.807, 2.05) is 26.8 Å². The van der Waals surface area contributed by atoms with Crippen LogP contribution >= 0.6 is 11.6 Å². The molecule has 2 amide bonds. The third-order valence-corrected chi connectivity index (χ3v) is 6.80. The van der Waals surface area contributed by atoms with E-state index in [0.29, 0.717) is 18.7 Å². The van der Waals surface area contributed by atoms with E-state index in [-0.39, 0.29) is 29.1 Å². The molecule has 0 fully saturated rings. The molecule has 0 heterocycles. The highest BCUT2D eigenvalue weighted by Gasteiger charge is 2.32. The first-order valence-corrected chi connectivity index (χ1v) is 13.6. The second kappa shape index (κ2) is 12.8. The van der Waals surface area contributed by atoms with Crippen LogP contribution in [0.2, 0.25) is 5.02 Å². The summed E-state index contributed by atoms with van der Waals surface area (Å²) in [6.07, 6.45) is 1.37. The second-order valence-electron chi connectivity index (χ2n) is 8.66. The number of sulfonamides is 1. The Morgan fingerprint density at radius 3 is 2.37 bits per heavy atom. The van der Waals surface area contributed by atoms with Crippen molar-refractivity contribution in [2.24, 2.45) is 5.92 Å². The van der Waals surface area contributed by atoms with Gasteiger partial charge in [0.15, 0.2) is 0 Å². The number of anilines is 1. The number of hydrogen-bond acceptors (Lipinski definition) is 5.